The van der Waals surface area contributed by atoms with Gasteiger partial charge in [-0.1, -0.05) is 20.4 Å². The van der Waals surface area contributed by atoms with Gasteiger partial charge in [0, 0.05) is 24.7 Å². The fourth-order valence-corrected chi connectivity index (χ4v) is 1.50. The molecule has 0 radical (unpaired) electrons. The average molecular weight is 244 g/mol. The second kappa shape index (κ2) is 8.22. The molecule has 0 fully saturated rings. The summed E-state index contributed by atoms with van der Waals surface area (Å²) in [7, 11) is 0. The predicted octanol–water partition coefficient (Wildman–Crippen LogP) is -0.271. The summed E-state index contributed by atoms with van der Waals surface area (Å²) in [4.78, 5) is 13.5. The Morgan fingerprint density at radius 1 is 1.47 bits per heavy atom. The molecule has 0 saturated carbocycles. The largest absolute Gasteiger partial charge is 0.395 e. The molecule has 0 saturated heterocycles. The second-order valence-corrected chi connectivity index (χ2v) is 4.34. The SMILES string of the molecule is C=C(CO)C(=O)N(CCC)CC(C)[C@@H](N)CO. The molecule has 0 spiro atoms. The zero-order chi connectivity index (χ0) is 13.4. The summed E-state index contributed by atoms with van der Waals surface area (Å²) >= 11 is 0. The number of hydrogen-bond donors (Lipinski definition) is 3. The van der Waals surface area contributed by atoms with Gasteiger partial charge >= 0.3 is 0 Å². The van der Waals surface area contributed by atoms with Crippen LogP contribution in [0, 0.1) is 5.92 Å². The highest BCUT2D eigenvalue weighted by Crippen LogP contribution is 2.08. The number of aliphatic hydroxyl groups excluding tert-OH is 2. The Hall–Kier alpha value is -0.910. The van der Waals surface area contributed by atoms with Crippen LogP contribution in [0.3, 0.4) is 0 Å². The van der Waals surface area contributed by atoms with Gasteiger partial charge in [-0.25, -0.2) is 0 Å². The molecule has 0 rings (SSSR count). The van der Waals surface area contributed by atoms with Crippen molar-refractivity contribution in [1.29, 1.82) is 0 Å². The molecule has 0 aromatic carbocycles. The van der Waals surface area contributed by atoms with E-state index in [1.54, 1.807) is 4.90 Å². The van der Waals surface area contributed by atoms with Gasteiger partial charge in [0.2, 0.25) is 0 Å². The maximum Gasteiger partial charge on any atom is 0.251 e. The van der Waals surface area contributed by atoms with Crippen molar-refractivity contribution in [2.45, 2.75) is 26.3 Å². The van der Waals surface area contributed by atoms with Gasteiger partial charge in [0.05, 0.1) is 13.2 Å². The van der Waals surface area contributed by atoms with Crippen molar-refractivity contribution in [3.8, 4) is 0 Å². The monoisotopic (exact) mass is 244 g/mol. The molecule has 0 aromatic heterocycles. The summed E-state index contributed by atoms with van der Waals surface area (Å²) in [6.07, 6.45) is 0.825. The van der Waals surface area contributed by atoms with E-state index >= 15 is 0 Å². The molecule has 17 heavy (non-hydrogen) atoms. The average Bonchev–Trinajstić information content (AvgIpc) is 2.35. The minimum atomic E-state index is -0.343. The number of nitrogens with two attached hydrogens (primary N) is 1. The number of rotatable bonds is 8. The number of amides is 1. The van der Waals surface area contributed by atoms with Gasteiger partial charge in [-0.15, -0.1) is 0 Å². The molecule has 1 amide bonds. The topological polar surface area (TPSA) is 86.8 Å². The maximum absolute atomic E-state index is 11.9. The summed E-state index contributed by atoms with van der Waals surface area (Å²) in [5.41, 5.74) is 5.89. The van der Waals surface area contributed by atoms with Gasteiger partial charge < -0.3 is 20.8 Å². The lowest BCUT2D eigenvalue weighted by atomic mass is 10.0. The highest BCUT2D eigenvalue weighted by Gasteiger charge is 2.20. The van der Waals surface area contributed by atoms with Crippen LogP contribution >= 0.6 is 0 Å². The third-order valence-corrected chi connectivity index (χ3v) is 2.72. The van der Waals surface area contributed by atoms with Crippen LogP contribution in [0.25, 0.3) is 0 Å². The Morgan fingerprint density at radius 3 is 2.47 bits per heavy atom. The Labute approximate surface area is 103 Å². The third-order valence-electron chi connectivity index (χ3n) is 2.72. The number of carbonyl (C=O) groups excluding carboxylic acids is 1. The van der Waals surface area contributed by atoms with Crippen LogP contribution in [-0.2, 0) is 4.79 Å². The van der Waals surface area contributed by atoms with E-state index in [1.807, 2.05) is 13.8 Å². The molecule has 0 aliphatic rings. The zero-order valence-corrected chi connectivity index (χ0v) is 10.7. The van der Waals surface area contributed by atoms with Gasteiger partial charge in [0.1, 0.15) is 0 Å². The number of carbonyl (C=O) groups is 1. The lowest BCUT2D eigenvalue weighted by Crippen LogP contribution is -2.43. The van der Waals surface area contributed by atoms with E-state index < -0.39 is 0 Å². The first-order chi connectivity index (χ1) is 7.97. The minimum absolute atomic E-state index is 0.00185. The third kappa shape index (κ3) is 5.30. The summed E-state index contributed by atoms with van der Waals surface area (Å²) in [5.74, 6) is -0.242. The molecule has 5 heteroatoms. The summed E-state index contributed by atoms with van der Waals surface area (Å²) in [5, 5.41) is 17.9. The van der Waals surface area contributed by atoms with Crippen molar-refractivity contribution < 1.29 is 15.0 Å². The highest BCUT2D eigenvalue weighted by atomic mass is 16.3. The number of hydrogen-bond acceptors (Lipinski definition) is 4. The molecular weight excluding hydrogens is 220 g/mol. The summed E-state index contributed by atoms with van der Waals surface area (Å²) in [6, 6.07) is -0.343. The Balaban J connectivity index is 4.52. The van der Waals surface area contributed by atoms with Crippen LogP contribution in [0.5, 0.6) is 0 Å². The second-order valence-electron chi connectivity index (χ2n) is 4.34. The first kappa shape index (κ1) is 16.1. The smallest absolute Gasteiger partial charge is 0.251 e. The molecule has 2 atom stereocenters. The van der Waals surface area contributed by atoms with E-state index in [1.165, 1.54) is 0 Å². The predicted molar refractivity (Wildman–Crippen MR) is 67.3 cm³/mol. The van der Waals surface area contributed by atoms with Crippen molar-refractivity contribution in [3.63, 3.8) is 0 Å². The maximum atomic E-state index is 11.9. The highest BCUT2D eigenvalue weighted by molar-refractivity contribution is 5.93. The van der Waals surface area contributed by atoms with Gasteiger partial charge in [0.25, 0.3) is 5.91 Å². The van der Waals surface area contributed by atoms with E-state index in [-0.39, 0.29) is 36.7 Å². The van der Waals surface area contributed by atoms with Crippen LogP contribution < -0.4 is 5.73 Å². The molecule has 4 N–H and O–H groups in total. The van der Waals surface area contributed by atoms with E-state index in [0.29, 0.717) is 13.1 Å². The first-order valence-corrected chi connectivity index (χ1v) is 5.92. The molecule has 100 valence electrons. The standard InChI is InChI=1S/C12H24N2O3/c1-4-5-14(12(17)10(3)7-15)6-9(2)11(13)8-16/h9,11,15-16H,3-8,13H2,1-2H3/t9?,11-/m0/s1. The number of aliphatic hydroxyl groups is 2. The Morgan fingerprint density at radius 2 is 2.06 bits per heavy atom. The van der Waals surface area contributed by atoms with E-state index in [0.717, 1.165) is 6.42 Å². The molecule has 0 aromatic rings. The normalized spacial score (nSPS) is 14.2. The molecule has 0 bridgehead atoms. The fourth-order valence-electron chi connectivity index (χ4n) is 1.50. The zero-order valence-electron chi connectivity index (χ0n) is 10.7. The Bertz CT molecular complexity index is 256. The molecule has 0 aliphatic heterocycles. The van der Waals surface area contributed by atoms with Crippen LogP contribution in [0.15, 0.2) is 12.2 Å². The fraction of sp³-hybridized carbons (Fsp3) is 0.750. The van der Waals surface area contributed by atoms with Crippen LogP contribution in [0.1, 0.15) is 20.3 Å². The van der Waals surface area contributed by atoms with Crippen molar-refractivity contribution >= 4 is 5.91 Å². The van der Waals surface area contributed by atoms with Crippen LogP contribution in [0.4, 0.5) is 0 Å². The lowest BCUT2D eigenvalue weighted by Gasteiger charge is -2.28. The first-order valence-electron chi connectivity index (χ1n) is 5.92. The molecule has 0 heterocycles. The van der Waals surface area contributed by atoms with E-state index in [9.17, 15) is 4.79 Å². The Kier molecular flexibility index (Phi) is 7.78. The lowest BCUT2D eigenvalue weighted by molar-refractivity contribution is -0.128. The minimum Gasteiger partial charge on any atom is -0.395 e. The molecule has 5 nitrogen and oxygen atoms in total. The quantitative estimate of drug-likeness (QED) is 0.513. The summed E-state index contributed by atoms with van der Waals surface area (Å²) < 4.78 is 0. The van der Waals surface area contributed by atoms with Crippen LogP contribution in [-0.4, -0.2) is 53.4 Å². The molecule has 0 aliphatic carbocycles. The van der Waals surface area contributed by atoms with Crippen molar-refractivity contribution in [1.82, 2.24) is 4.90 Å². The van der Waals surface area contributed by atoms with E-state index in [2.05, 4.69) is 6.58 Å². The molecule has 1 unspecified atom stereocenters. The summed E-state index contributed by atoms with van der Waals surface area (Å²) in [6.45, 7) is 8.01. The van der Waals surface area contributed by atoms with Gasteiger partial charge in [-0.3, -0.25) is 4.79 Å². The van der Waals surface area contributed by atoms with E-state index in [4.69, 9.17) is 15.9 Å². The van der Waals surface area contributed by atoms with Gasteiger partial charge in [-0.05, 0) is 12.3 Å². The van der Waals surface area contributed by atoms with Crippen molar-refractivity contribution in [2.75, 3.05) is 26.3 Å². The van der Waals surface area contributed by atoms with Gasteiger partial charge in [-0.2, -0.15) is 0 Å². The van der Waals surface area contributed by atoms with Crippen molar-refractivity contribution in [3.05, 3.63) is 12.2 Å². The van der Waals surface area contributed by atoms with Gasteiger partial charge in [0.15, 0.2) is 0 Å². The number of nitrogens with zero attached hydrogens (tertiary/aromatic N) is 1. The van der Waals surface area contributed by atoms with Crippen molar-refractivity contribution in [2.24, 2.45) is 11.7 Å². The molecular formula is C12H24N2O3. The van der Waals surface area contributed by atoms with Crippen LogP contribution in [0.2, 0.25) is 0 Å².